The zero-order valence-corrected chi connectivity index (χ0v) is 28.9. The van der Waals surface area contributed by atoms with E-state index in [1.54, 1.807) is 31.3 Å². The number of amides is 2. The number of aliphatic hydroxyl groups is 1. The molecule has 8 nitrogen and oxygen atoms in total. The highest BCUT2D eigenvalue weighted by molar-refractivity contribution is 6.90. The Morgan fingerprint density at radius 2 is 1.61 bits per heavy atom. The lowest BCUT2D eigenvalue weighted by Gasteiger charge is -2.44. The van der Waals surface area contributed by atoms with E-state index in [4.69, 9.17) is 14.2 Å². The summed E-state index contributed by atoms with van der Waals surface area (Å²) in [6.07, 6.45) is 0.602. The van der Waals surface area contributed by atoms with Crippen molar-refractivity contribution in [1.82, 2.24) is 5.32 Å². The average Bonchev–Trinajstić information content (AvgIpc) is 3.00. The van der Waals surface area contributed by atoms with Crippen LogP contribution in [0.3, 0.4) is 0 Å². The minimum absolute atomic E-state index is 0.184. The molecule has 2 aromatic carbocycles. The van der Waals surface area contributed by atoms with Crippen LogP contribution >= 0.6 is 0 Å². The van der Waals surface area contributed by atoms with Crippen molar-refractivity contribution in [3.8, 4) is 23.0 Å². The number of carbonyl (C=O) groups is 2. The molecule has 2 N–H and O–H groups in total. The number of methoxy groups -OCH3 is 2. The van der Waals surface area contributed by atoms with Gasteiger partial charge in [-0.05, 0) is 64.9 Å². The number of nitrogens with zero attached hydrogens (tertiary/aromatic N) is 1. The lowest BCUT2D eigenvalue weighted by molar-refractivity contribution is -0.133. The van der Waals surface area contributed by atoms with E-state index in [-0.39, 0.29) is 19.1 Å². The first-order valence-electron chi connectivity index (χ1n) is 15.5. The fourth-order valence-corrected chi connectivity index (χ4v) is 12.0. The number of rotatable bonds is 11. The third-order valence-corrected chi connectivity index (χ3v) is 15.6. The minimum atomic E-state index is -2.24. The molecule has 1 fully saturated rings. The van der Waals surface area contributed by atoms with Gasteiger partial charge in [-0.2, -0.15) is 0 Å². The number of anilines is 1. The van der Waals surface area contributed by atoms with E-state index in [9.17, 15) is 14.7 Å². The Bertz CT molecular complexity index is 1350. The highest BCUT2D eigenvalue weighted by Gasteiger charge is 2.49. The van der Waals surface area contributed by atoms with Crippen LogP contribution in [-0.4, -0.2) is 58.0 Å². The molecule has 0 aromatic heterocycles. The first kappa shape index (κ1) is 35.2. The molecular weight excluding hydrogens is 572 g/mol. The normalized spacial score (nSPS) is 14.7. The van der Waals surface area contributed by atoms with Gasteiger partial charge in [0.15, 0.2) is 0 Å². The monoisotopic (exact) mass is 622 g/mol. The maximum absolute atomic E-state index is 14.5. The van der Waals surface area contributed by atoms with Gasteiger partial charge >= 0.3 is 5.91 Å². The molecule has 0 radical (unpaired) electrons. The summed E-state index contributed by atoms with van der Waals surface area (Å²) < 4.78 is 16.6. The van der Waals surface area contributed by atoms with Crippen molar-refractivity contribution in [1.29, 1.82) is 0 Å². The largest absolute Gasteiger partial charge is 0.497 e. The molecule has 9 heteroatoms. The van der Waals surface area contributed by atoms with Crippen LogP contribution < -0.4 is 19.7 Å². The van der Waals surface area contributed by atoms with Crippen molar-refractivity contribution >= 4 is 25.6 Å². The molecule has 2 aromatic rings. The predicted molar refractivity (Wildman–Crippen MR) is 178 cm³/mol. The van der Waals surface area contributed by atoms with Crippen molar-refractivity contribution in [3.05, 3.63) is 53.1 Å². The summed E-state index contributed by atoms with van der Waals surface area (Å²) in [5, 5.41) is 13.2. The van der Waals surface area contributed by atoms with Gasteiger partial charge in [-0.1, -0.05) is 47.6 Å². The SMILES string of the molecule is COc1ccc(CNC(=O)C2(N(C(=O)C#C[Si](C(C)C)(C(C)C)C(C)C)c3ccc(C)c(CO)c3)CCOCC2)c(OC)c1. The second kappa shape index (κ2) is 15.1. The summed E-state index contributed by atoms with van der Waals surface area (Å²) >= 11 is 0. The molecule has 0 unspecified atom stereocenters. The number of nitrogens with one attached hydrogen (secondary N) is 1. The van der Waals surface area contributed by atoms with E-state index in [2.05, 4.69) is 58.3 Å². The van der Waals surface area contributed by atoms with Crippen LogP contribution in [0, 0.1) is 18.4 Å². The number of ether oxygens (including phenoxy) is 3. The third-order valence-electron chi connectivity index (χ3n) is 9.32. The maximum Gasteiger partial charge on any atom is 0.303 e. The summed E-state index contributed by atoms with van der Waals surface area (Å²) in [6, 6.07) is 10.9. The van der Waals surface area contributed by atoms with Crippen LogP contribution in [0.2, 0.25) is 16.6 Å². The third kappa shape index (κ3) is 7.14. The molecule has 0 aliphatic carbocycles. The minimum Gasteiger partial charge on any atom is -0.497 e. The quantitative estimate of drug-likeness (QED) is 0.238. The van der Waals surface area contributed by atoms with Crippen molar-refractivity contribution in [2.24, 2.45) is 0 Å². The van der Waals surface area contributed by atoms with Gasteiger partial charge in [0.2, 0.25) is 5.91 Å². The Morgan fingerprint density at radius 1 is 0.977 bits per heavy atom. The molecule has 1 aliphatic rings. The first-order chi connectivity index (χ1) is 20.9. The van der Waals surface area contributed by atoms with E-state index < -0.39 is 19.5 Å². The second-order valence-electron chi connectivity index (χ2n) is 12.6. The number of hydrogen-bond donors (Lipinski definition) is 2. The van der Waals surface area contributed by atoms with Crippen molar-refractivity contribution in [2.45, 2.75) is 96.6 Å². The van der Waals surface area contributed by atoms with E-state index in [0.29, 0.717) is 65.4 Å². The summed E-state index contributed by atoms with van der Waals surface area (Å²) in [5.41, 5.74) is 6.24. The Balaban J connectivity index is 2.15. The molecule has 0 spiro atoms. The second-order valence-corrected chi connectivity index (χ2v) is 18.1. The van der Waals surface area contributed by atoms with E-state index >= 15 is 0 Å². The van der Waals surface area contributed by atoms with Crippen LogP contribution in [0.15, 0.2) is 36.4 Å². The van der Waals surface area contributed by atoms with E-state index in [0.717, 1.165) is 11.1 Å². The van der Waals surface area contributed by atoms with Gasteiger partial charge in [0.05, 0.1) is 20.8 Å². The molecule has 3 rings (SSSR count). The van der Waals surface area contributed by atoms with Crippen molar-refractivity contribution < 1.29 is 28.9 Å². The number of hydrogen-bond acceptors (Lipinski definition) is 6. The summed E-state index contributed by atoms with van der Waals surface area (Å²) in [7, 11) is 0.919. The van der Waals surface area contributed by atoms with Crippen LogP contribution in [0.1, 0.15) is 71.1 Å². The van der Waals surface area contributed by atoms with Gasteiger partial charge in [-0.25, -0.2) is 0 Å². The molecule has 1 aliphatic heterocycles. The zero-order valence-electron chi connectivity index (χ0n) is 27.9. The Hall–Kier alpha value is -3.32. The van der Waals surface area contributed by atoms with E-state index in [1.807, 2.05) is 31.2 Å². The van der Waals surface area contributed by atoms with Gasteiger partial charge < -0.3 is 24.6 Å². The predicted octanol–water partition coefficient (Wildman–Crippen LogP) is 5.92. The van der Waals surface area contributed by atoms with Crippen molar-refractivity contribution in [3.63, 3.8) is 0 Å². The van der Waals surface area contributed by atoms with Crippen LogP contribution in [-0.2, 0) is 27.5 Å². The molecule has 0 saturated carbocycles. The molecular formula is C35H50N2O6Si. The van der Waals surface area contributed by atoms with Gasteiger partial charge in [0.25, 0.3) is 0 Å². The molecule has 1 heterocycles. The highest BCUT2D eigenvalue weighted by Crippen LogP contribution is 2.41. The number of carbonyl (C=O) groups excluding carboxylic acids is 2. The molecule has 1 saturated heterocycles. The maximum atomic E-state index is 14.5. The molecule has 240 valence electrons. The molecule has 0 bridgehead atoms. The lowest BCUT2D eigenvalue weighted by atomic mass is 9.85. The fraction of sp³-hybridized carbons (Fsp3) is 0.543. The lowest BCUT2D eigenvalue weighted by Crippen LogP contribution is -2.63. The van der Waals surface area contributed by atoms with Gasteiger partial charge in [0.1, 0.15) is 25.1 Å². The Morgan fingerprint density at radius 3 is 2.16 bits per heavy atom. The Labute approximate surface area is 264 Å². The summed E-state index contributed by atoms with van der Waals surface area (Å²) in [6.45, 7) is 15.8. The van der Waals surface area contributed by atoms with Crippen LogP contribution in [0.4, 0.5) is 5.69 Å². The smallest absolute Gasteiger partial charge is 0.303 e. The average molecular weight is 623 g/mol. The first-order valence-corrected chi connectivity index (χ1v) is 17.8. The number of benzene rings is 2. The van der Waals surface area contributed by atoms with Gasteiger partial charge in [-0.15, -0.1) is 5.54 Å². The number of aryl methyl sites for hydroxylation is 1. The summed E-state index contributed by atoms with van der Waals surface area (Å²) in [5.74, 6) is 3.61. The molecule has 2 amide bonds. The van der Waals surface area contributed by atoms with Crippen LogP contribution in [0.5, 0.6) is 11.5 Å². The van der Waals surface area contributed by atoms with Crippen LogP contribution in [0.25, 0.3) is 0 Å². The van der Waals surface area contributed by atoms with E-state index in [1.165, 1.54) is 0 Å². The molecule has 44 heavy (non-hydrogen) atoms. The molecule has 0 atom stereocenters. The summed E-state index contributed by atoms with van der Waals surface area (Å²) in [4.78, 5) is 30.4. The van der Waals surface area contributed by atoms with Gasteiger partial charge in [-0.3, -0.25) is 14.5 Å². The highest BCUT2D eigenvalue weighted by atomic mass is 28.3. The van der Waals surface area contributed by atoms with Crippen molar-refractivity contribution in [2.75, 3.05) is 32.3 Å². The zero-order chi connectivity index (χ0) is 32.7. The topological polar surface area (TPSA) is 97.3 Å². The Kier molecular flexibility index (Phi) is 12.1. The fourth-order valence-electron chi connectivity index (χ4n) is 6.78. The van der Waals surface area contributed by atoms with Gasteiger partial charge in [0, 0.05) is 49.9 Å². The number of aliphatic hydroxyl groups excluding tert-OH is 1. The standard InChI is InChI=1S/C35H50N2O6Si/c1-24(2)44(25(3)4,26(5)6)19-14-33(39)37(30-12-10-27(7)29(20-30)23-38)35(15-17-43-18-16-35)34(40)36-22-28-11-13-31(41-8)21-32(28)42-9/h10-13,20-21,24-26,38H,15-18,22-23H2,1-9H3,(H,36,40).